The minimum atomic E-state index is -4.78. The zero-order valence-corrected chi connectivity index (χ0v) is 11.9. The van der Waals surface area contributed by atoms with Crippen LogP contribution in [0.2, 0.25) is 5.02 Å². The molecular formula is C13H16ClF3N2O2. The second kappa shape index (κ2) is 6.83. The predicted octanol–water partition coefficient (Wildman–Crippen LogP) is 2.18. The smallest absolute Gasteiger partial charge is 0.404 e. The molecule has 1 aliphatic heterocycles. The molecule has 0 bridgehead atoms. The van der Waals surface area contributed by atoms with E-state index in [0.29, 0.717) is 5.56 Å². The van der Waals surface area contributed by atoms with Crippen molar-refractivity contribution in [2.24, 2.45) is 0 Å². The number of nitrogens with zero attached hydrogens (tertiary/aromatic N) is 1. The predicted molar refractivity (Wildman–Crippen MR) is 72.4 cm³/mol. The third kappa shape index (κ3) is 4.47. The first kappa shape index (κ1) is 16.4. The van der Waals surface area contributed by atoms with Crippen LogP contribution in [0.3, 0.4) is 0 Å². The highest BCUT2D eigenvalue weighted by Crippen LogP contribution is 2.33. The number of aliphatic hydroxyl groups excluding tert-OH is 1. The first-order chi connectivity index (χ1) is 9.90. The molecule has 2 N–H and O–H groups in total. The number of ether oxygens (including phenoxy) is 1. The van der Waals surface area contributed by atoms with Crippen molar-refractivity contribution in [3.8, 4) is 5.75 Å². The number of alkyl halides is 3. The van der Waals surface area contributed by atoms with Gasteiger partial charge in [0.05, 0.1) is 17.7 Å². The number of hydrogen-bond donors (Lipinski definition) is 2. The number of aliphatic hydroxyl groups is 1. The fraction of sp³-hybridized carbons (Fsp3) is 0.538. The number of halogens is 4. The maximum Gasteiger partial charge on any atom is 0.573 e. The number of rotatable bonds is 4. The maximum atomic E-state index is 12.2. The zero-order chi connectivity index (χ0) is 15.5. The zero-order valence-electron chi connectivity index (χ0n) is 11.2. The molecule has 0 spiro atoms. The summed E-state index contributed by atoms with van der Waals surface area (Å²) in [6.45, 7) is 2.99. The van der Waals surface area contributed by atoms with Crippen molar-refractivity contribution >= 4 is 11.6 Å². The molecule has 0 aliphatic carbocycles. The van der Waals surface area contributed by atoms with Crippen molar-refractivity contribution in [3.63, 3.8) is 0 Å². The Labute approximate surface area is 125 Å². The van der Waals surface area contributed by atoms with Gasteiger partial charge in [-0.15, -0.1) is 13.2 Å². The van der Waals surface area contributed by atoms with Gasteiger partial charge in [0, 0.05) is 26.2 Å². The van der Waals surface area contributed by atoms with Crippen molar-refractivity contribution in [3.05, 3.63) is 28.8 Å². The van der Waals surface area contributed by atoms with Crippen LogP contribution in [0.4, 0.5) is 13.2 Å². The molecule has 8 heteroatoms. The summed E-state index contributed by atoms with van der Waals surface area (Å²) in [6, 6.07) is 3.79. The van der Waals surface area contributed by atoms with E-state index in [1.54, 1.807) is 0 Å². The lowest BCUT2D eigenvalue weighted by atomic mass is 10.0. The summed E-state index contributed by atoms with van der Waals surface area (Å²) in [5.74, 6) is -0.440. The Balaban J connectivity index is 2.17. The normalized spacial score (nSPS) is 18.5. The molecule has 0 radical (unpaired) electrons. The van der Waals surface area contributed by atoms with Gasteiger partial charge in [0.15, 0.2) is 0 Å². The molecule has 2 rings (SSSR count). The summed E-state index contributed by atoms with van der Waals surface area (Å²) in [5.41, 5.74) is 0.666. The second-order valence-electron chi connectivity index (χ2n) is 4.72. The van der Waals surface area contributed by atoms with Crippen LogP contribution in [0.25, 0.3) is 0 Å². The van der Waals surface area contributed by atoms with Gasteiger partial charge in [0.25, 0.3) is 0 Å². The maximum absolute atomic E-state index is 12.2. The van der Waals surface area contributed by atoms with Gasteiger partial charge in [-0.3, -0.25) is 4.90 Å². The molecule has 0 amide bonds. The molecular weight excluding hydrogens is 309 g/mol. The Kier molecular flexibility index (Phi) is 5.32. The monoisotopic (exact) mass is 324 g/mol. The molecule has 1 heterocycles. The van der Waals surface area contributed by atoms with E-state index in [4.69, 9.17) is 11.6 Å². The van der Waals surface area contributed by atoms with E-state index in [9.17, 15) is 18.3 Å². The van der Waals surface area contributed by atoms with Crippen LogP contribution in [-0.2, 0) is 0 Å². The minimum Gasteiger partial charge on any atom is -0.404 e. The van der Waals surface area contributed by atoms with E-state index in [1.807, 2.05) is 0 Å². The van der Waals surface area contributed by atoms with Gasteiger partial charge in [-0.25, -0.2) is 0 Å². The molecule has 1 aromatic carbocycles. The Morgan fingerprint density at radius 2 is 2.00 bits per heavy atom. The molecule has 118 valence electrons. The summed E-state index contributed by atoms with van der Waals surface area (Å²) in [4.78, 5) is 2.06. The molecule has 1 aliphatic rings. The average Bonchev–Trinajstić information content (AvgIpc) is 2.42. The molecule has 0 unspecified atom stereocenters. The van der Waals surface area contributed by atoms with Crippen LogP contribution < -0.4 is 10.1 Å². The standard InChI is InChI=1S/C13H16ClF3N2O2/c14-10-7-9(1-2-12(10)21-13(15,16)17)11(8-20)19-5-3-18-4-6-19/h1-2,7,11,18,20H,3-6,8H2/t11-/m1/s1. The van der Waals surface area contributed by atoms with Crippen molar-refractivity contribution in [1.29, 1.82) is 0 Å². The fourth-order valence-corrected chi connectivity index (χ4v) is 2.58. The van der Waals surface area contributed by atoms with Gasteiger partial charge >= 0.3 is 6.36 Å². The van der Waals surface area contributed by atoms with Gasteiger partial charge in [-0.1, -0.05) is 17.7 Å². The summed E-state index contributed by atoms with van der Waals surface area (Å²) < 4.78 is 40.4. The number of nitrogens with one attached hydrogen (secondary N) is 1. The first-order valence-corrected chi connectivity index (χ1v) is 6.89. The first-order valence-electron chi connectivity index (χ1n) is 6.51. The Hall–Kier alpha value is -1.02. The lowest BCUT2D eigenvalue weighted by Crippen LogP contribution is -2.46. The molecule has 0 saturated carbocycles. The van der Waals surface area contributed by atoms with E-state index in [-0.39, 0.29) is 17.7 Å². The summed E-state index contributed by atoms with van der Waals surface area (Å²) in [7, 11) is 0. The van der Waals surface area contributed by atoms with Crippen molar-refractivity contribution in [1.82, 2.24) is 10.2 Å². The Morgan fingerprint density at radius 1 is 1.33 bits per heavy atom. The van der Waals surface area contributed by atoms with Gasteiger partial charge in [0.1, 0.15) is 5.75 Å². The topological polar surface area (TPSA) is 44.7 Å². The highest BCUT2D eigenvalue weighted by molar-refractivity contribution is 6.32. The SMILES string of the molecule is OC[C@H](c1ccc(OC(F)(F)F)c(Cl)c1)N1CCNCC1. The van der Waals surface area contributed by atoms with Crippen LogP contribution in [0.15, 0.2) is 18.2 Å². The van der Waals surface area contributed by atoms with E-state index in [0.717, 1.165) is 26.2 Å². The average molecular weight is 325 g/mol. The van der Waals surface area contributed by atoms with Crippen LogP contribution in [-0.4, -0.2) is 49.2 Å². The Bertz CT molecular complexity index is 479. The third-order valence-corrected chi connectivity index (χ3v) is 3.63. The van der Waals surface area contributed by atoms with Gasteiger partial charge in [-0.2, -0.15) is 0 Å². The van der Waals surface area contributed by atoms with E-state index in [2.05, 4.69) is 15.0 Å². The largest absolute Gasteiger partial charge is 0.573 e. The molecule has 1 atom stereocenters. The second-order valence-corrected chi connectivity index (χ2v) is 5.13. The van der Waals surface area contributed by atoms with E-state index < -0.39 is 12.1 Å². The van der Waals surface area contributed by atoms with Crippen LogP contribution in [0, 0.1) is 0 Å². The van der Waals surface area contributed by atoms with Crippen molar-refractivity contribution in [2.45, 2.75) is 12.4 Å². The summed E-state index contributed by atoms with van der Waals surface area (Å²) >= 11 is 5.84. The van der Waals surface area contributed by atoms with E-state index >= 15 is 0 Å². The molecule has 1 fully saturated rings. The Morgan fingerprint density at radius 3 is 2.52 bits per heavy atom. The summed E-state index contributed by atoms with van der Waals surface area (Å²) in [6.07, 6.45) is -4.78. The molecule has 4 nitrogen and oxygen atoms in total. The van der Waals surface area contributed by atoms with Gasteiger partial charge in [0.2, 0.25) is 0 Å². The molecule has 1 aromatic rings. The fourth-order valence-electron chi connectivity index (χ4n) is 2.36. The number of benzene rings is 1. The molecule has 1 saturated heterocycles. The van der Waals surface area contributed by atoms with Crippen LogP contribution in [0.1, 0.15) is 11.6 Å². The van der Waals surface area contributed by atoms with Crippen LogP contribution in [0.5, 0.6) is 5.75 Å². The lowest BCUT2D eigenvalue weighted by Gasteiger charge is -2.34. The minimum absolute atomic E-state index is 0.126. The molecule has 0 aromatic heterocycles. The third-order valence-electron chi connectivity index (χ3n) is 3.33. The number of hydrogen-bond acceptors (Lipinski definition) is 4. The molecule has 21 heavy (non-hydrogen) atoms. The lowest BCUT2D eigenvalue weighted by molar-refractivity contribution is -0.274. The van der Waals surface area contributed by atoms with Gasteiger partial charge < -0.3 is 15.2 Å². The van der Waals surface area contributed by atoms with Crippen molar-refractivity contribution < 1.29 is 23.0 Å². The van der Waals surface area contributed by atoms with Crippen molar-refractivity contribution in [2.75, 3.05) is 32.8 Å². The summed E-state index contributed by atoms with van der Waals surface area (Å²) in [5, 5.41) is 12.6. The van der Waals surface area contributed by atoms with Crippen LogP contribution >= 0.6 is 11.6 Å². The highest BCUT2D eigenvalue weighted by Gasteiger charge is 2.32. The van der Waals surface area contributed by atoms with Gasteiger partial charge in [-0.05, 0) is 17.7 Å². The number of piperazine rings is 1. The van der Waals surface area contributed by atoms with E-state index in [1.165, 1.54) is 18.2 Å². The quantitative estimate of drug-likeness (QED) is 0.891. The highest BCUT2D eigenvalue weighted by atomic mass is 35.5.